The van der Waals surface area contributed by atoms with Crippen LogP contribution in [-0.4, -0.2) is 31.3 Å². The Morgan fingerprint density at radius 3 is 2.60 bits per heavy atom. The summed E-state index contributed by atoms with van der Waals surface area (Å²) < 4.78 is 0. The summed E-state index contributed by atoms with van der Waals surface area (Å²) in [6, 6.07) is 9.59. The van der Waals surface area contributed by atoms with E-state index < -0.39 is 0 Å². The van der Waals surface area contributed by atoms with Gasteiger partial charge in [0.2, 0.25) is 0 Å². The molecule has 0 amide bonds. The first-order valence-electron chi connectivity index (χ1n) is 7.94. The molecule has 1 aromatic carbocycles. The monoisotopic (exact) mass is 276 g/mol. The Kier molecular flexibility index (Phi) is 5.86. The SMILES string of the molecule is CCC(NC)c1ccc(N2CCCCCC2CO)cc1. The van der Waals surface area contributed by atoms with Crippen LogP contribution < -0.4 is 10.2 Å². The van der Waals surface area contributed by atoms with Crippen molar-refractivity contribution in [3.8, 4) is 0 Å². The van der Waals surface area contributed by atoms with Crippen LogP contribution in [0.25, 0.3) is 0 Å². The van der Waals surface area contributed by atoms with Gasteiger partial charge in [-0.1, -0.05) is 31.9 Å². The van der Waals surface area contributed by atoms with Gasteiger partial charge >= 0.3 is 0 Å². The predicted octanol–water partition coefficient (Wildman–Crippen LogP) is 3.10. The summed E-state index contributed by atoms with van der Waals surface area (Å²) >= 11 is 0. The molecule has 112 valence electrons. The van der Waals surface area contributed by atoms with Gasteiger partial charge < -0.3 is 15.3 Å². The first-order valence-corrected chi connectivity index (χ1v) is 7.94. The second-order valence-electron chi connectivity index (χ2n) is 5.72. The van der Waals surface area contributed by atoms with Crippen LogP contribution in [0.3, 0.4) is 0 Å². The highest BCUT2D eigenvalue weighted by Crippen LogP contribution is 2.26. The van der Waals surface area contributed by atoms with E-state index >= 15 is 0 Å². The van der Waals surface area contributed by atoms with Crippen molar-refractivity contribution < 1.29 is 5.11 Å². The maximum atomic E-state index is 9.62. The van der Waals surface area contributed by atoms with Crippen LogP contribution in [0.2, 0.25) is 0 Å². The van der Waals surface area contributed by atoms with Gasteiger partial charge in [-0.15, -0.1) is 0 Å². The van der Waals surface area contributed by atoms with Gasteiger partial charge in [0, 0.05) is 18.3 Å². The number of hydrogen-bond donors (Lipinski definition) is 2. The Hall–Kier alpha value is -1.06. The largest absolute Gasteiger partial charge is 0.394 e. The van der Waals surface area contributed by atoms with E-state index in [0.717, 1.165) is 19.4 Å². The Labute approximate surface area is 123 Å². The average molecular weight is 276 g/mol. The van der Waals surface area contributed by atoms with Crippen molar-refractivity contribution in [2.45, 2.75) is 51.1 Å². The number of nitrogens with one attached hydrogen (secondary N) is 1. The third-order valence-electron chi connectivity index (χ3n) is 4.47. The van der Waals surface area contributed by atoms with Gasteiger partial charge in [0.25, 0.3) is 0 Å². The first-order chi connectivity index (χ1) is 9.80. The second kappa shape index (κ2) is 7.65. The fourth-order valence-corrected chi connectivity index (χ4v) is 3.21. The van der Waals surface area contributed by atoms with Crippen LogP contribution in [0, 0.1) is 0 Å². The highest BCUT2D eigenvalue weighted by molar-refractivity contribution is 5.49. The minimum atomic E-state index is 0.260. The molecule has 20 heavy (non-hydrogen) atoms. The van der Waals surface area contributed by atoms with Crippen molar-refractivity contribution >= 4 is 5.69 Å². The lowest BCUT2D eigenvalue weighted by atomic mass is 10.0. The fourth-order valence-electron chi connectivity index (χ4n) is 3.21. The summed E-state index contributed by atoms with van der Waals surface area (Å²) in [5.74, 6) is 0. The summed E-state index contributed by atoms with van der Waals surface area (Å²) in [6.45, 7) is 3.52. The van der Waals surface area contributed by atoms with Crippen LogP contribution in [0.15, 0.2) is 24.3 Å². The van der Waals surface area contributed by atoms with E-state index in [1.807, 2.05) is 7.05 Å². The van der Waals surface area contributed by atoms with Gasteiger partial charge in [-0.2, -0.15) is 0 Å². The van der Waals surface area contributed by atoms with E-state index in [-0.39, 0.29) is 12.6 Å². The van der Waals surface area contributed by atoms with Crippen LogP contribution in [0.5, 0.6) is 0 Å². The molecule has 0 spiro atoms. The van der Waals surface area contributed by atoms with E-state index in [0.29, 0.717) is 6.04 Å². The van der Waals surface area contributed by atoms with Crippen LogP contribution in [0.4, 0.5) is 5.69 Å². The summed E-state index contributed by atoms with van der Waals surface area (Å²) in [5, 5.41) is 13.0. The zero-order chi connectivity index (χ0) is 14.4. The Bertz CT molecular complexity index is 386. The first kappa shape index (κ1) is 15.3. The van der Waals surface area contributed by atoms with Gasteiger partial charge in [-0.25, -0.2) is 0 Å². The molecule has 3 nitrogen and oxygen atoms in total. The van der Waals surface area contributed by atoms with Crippen molar-refractivity contribution in [3.63, 3.8) is 0 Å². The van der Waals surface area contributed by atoms with Gasteiger partial charge in [0.15, 0.2) is 0 Å². The average Bonchev–Trinajstić information content (AvgIpc) is 2.74. The number of hydrogen-bond acceptors (Lipinski definition) is 3. The molecule has 1 aromatic rings. The van der Waals surface area contributed by atoms with E-state index in [9.17, 15) is 5.11 Å². The number of aliphatic hydroxyl groups excluding tert-OH is 1. The summed E-state index contributed by atoms with van der Waals surface area (Å²) in [4.78, 5) is 2.39. The minimum absolute atomic E-state index is 0.260. The van der Waals surface area contributed by atoms with Crippen molar-refractivity contribution in [3.05, 3.63) is 29.8 Å². The topological polar surface area (TPSA) is 35.5 Å². The van der Waals surface area contributed by atoms with E-state index in [1.165, 1.54) is 30.5 Å². The van der Waals surface area contributed by atoms with Gasteiger partial charge in [-0.3, -0.25) is 0 Å². The molecule has 0 saturated carbocycles. The van der Waals surface area contributed by atoms with Crippen molar-refractivity contribution in [1.29, 1.82) is 0 Å². The second-order valence-corrected chi connectivity index (χ2v) is 5.72. The molecule has 0 bridgehead atoms. The highest BCUT2D eigenvalue weighted by atomic mass is 16.3. The van der Waals surface area contributed by atoms with E-state index in [4.69, 9.17) is 0 Å². The Balaban J connectivity index is 2.14. The van der Waals surface area contributed by atoms with Gasteiger partial charge in [0.1, 0.15) is 0 Å². The maximum Gasteiger partial charge on any atom is 0.0635 e. The molecule has 1 aliphatic heterocycles. The molecule has 2 unspecified atom stereocenters. The fraction of sp³-hybridized carbons (Fsp3) is 0.647. The standard InChI is InChI=1S/C17H28N2O/c1-3-17(18-2)14-8-10-15(11-9-14)19-12-6-4-5-7-16(19)13-20/h8-11,16-18,20H,3-7,12-13H2,1-2H3. The maximum absolute atomic E-state index is 9.62. The number of anilines is 1. The zero-order valence-corrected chi connectivity index (χ0v) is 12.8. The molecule has 3 heteroatoms. The van der Waals surface area contributed by atoms with Crippen molar-refractivity contribution in [2.75, 3.05) is 25.1 Å². The molecule has 0 aromatic heterocycles. The lowest BCUT2D eigenvalue weighted by Crippen LogP contribution is -2.37. The summed E-state index contributed by atoms with van der Waals surface area (Å²) in [7, 11) is 2.01. The molecule has 2 N–H and O–H groups in total. The summed E-state index contributed by atoms with van der Waals surface area (Å²) in [6.07, 6.45) is 5.94. The predicted molar refractivity (Wildman–Crippen MR) is 85.2 cm³/mol. The molecule has 1 heterocycles. The minimum Gasteiger partial charge on any atom is -0.394 e. The van der Waals surface area contributed by atoms with Gasteiger partial charge in [0.05, 0.1) is 12.6 Å². The number of benzene rings is 1. The zero-order valence-electron chi connectivity index (χ0n) is 12.8. The number of rotatable bonds is 5. The molecule has 2 rings (SSSR count). The van der Waals surface area contributed by atoms with Crippen LogP contribution in [0.1, 0.15) is 50.6 Å². The number of aliphatic hydroxyl groups is 1. The van der Waals surface area contributed by atoms with Gasteiger partial charge in [-0.05, 0) is 44.0 Å². The Morgan fingerprint density at radius 1 is 1.25 bits per heavy atom. The third kappa shape index (κ3) is 3.53. The van der Waals surface area contributed by atoms with E-state index in [2.05, 4.69) is 41.4 Å². The Morgan fingerprint density at radius 2 is 2.00 bits per heavy atom. The molecule has 1 fully saturated rings. The molecule has 1 aliphatic rings. The molecule has 0 radical (unpaired) electrons. The molecular weight excluding hydrogens is 248 g/mol. The van der Waals surface area contributed by atoms with Crippen molar-refractivity contribution in [1.82, 2.24) is 5.32 Å². The number of nitrogens with zero attached hydrogens (tertiary/aromatic N) is 1. The summed E-state index contributed by atoms with van der Waals surface area (Å²) in [5.41, 5.74) is 2.59. The molecular formula is C17H28N2O. The third-order valence-corrected chi connectivity index (χ3v) is 4.47. The smallest absolute Gasteiger partial charge is 0.0635 e. The van der Waals surface area contributed by atoms with Crippen molar-refractivity contribution in [2.24, 2.45) is 0 Å². The molecule has 1 saturated heterocycles. The normalized spacial score (nSPS) is 21.6. The van der Waals surface area contributed by atoms with E-state index in [1.54, 1.807) is 0 Å². The van der Waals surface area contributed by atoms with Crippen LogP contribution in [-0.2, 0) is 0 Å². The van der Waals surface area contributed by atoms with Crippen LogP contribution >= 0.6 is 0 Å². The highest BCUT2D eigenvalue weighted by Gasteiger charge is 2.20. The quantitative estimate of drug-likeness (QED) is 0.867. The lowest BCUT2D eigenvalue weighted by Gasteiger charge is -2.31. The molecule has 2 atom stereocenters. The molecule has 0 aliphatic carbocycles. The lowest BCUT2D eigenvalue weighted by molar-refractivity contribution is 0.255.